The van der Waals surface area contributed by atoms with E-state index in [1.165, 1.54) is 12.8 Å². The number of anilines is 1. The van der Waals surface area contributed by atoms with Crippen molar-refractivity contribution >= 4 is 11.7 Å². The third kappa shape index (κ3) is 4.82. The smallest absolute Gasteiger partial charge is 0.311 e. The van der Waals surface area contributed by atoms with Gasteiger partial charge in [-0.3, -0.25) is 4.79 Å². The number of esters is 1. The Labute approximate surface area is 96.6 Å². The lowest BCUT2D eigenvalue weighted by atomic mass is 10.1. The lowest BCUT2D eigenvalue weighted by molar-refractivity contribution is -0.134. The Morgan fingerprint density at radius 1 is 1.19 bits per heavy atom. The average Bonchev–Trinajstić information content (AvgIpc) is 2.28. The third-order valence-corrected chi connectivity index (χ3v) is 2.35. The molecule has 0 aliphatic rings. The first kappa shape index (κ1) is 12.6. The summed E-state index contributed by atoms with van der Waals surface area (Å²) in [5.41, 5.74) is 6.20. The summed E-state index contributed by atoms with van der Waals surface area (Å²) in [6, 6.07) is 6.86. The largest absolute Gasteiger partial charge is 0.427 e. The van der Waals surface area contributed by atoms with E-state index < -0.39 is 0 Å². The van der Waals surface area contributed by atoms with Gasteiger partial charge in [-0.1, -0.05) is 26.2 Å². The number of benzene rings is 1. The van der Waals surface area contributed by atoms with Gasteiger partial charge in [-0.05, 0) is 30.7 Å². The van der Waals surface area contributed by atoms with E-state index in [0.29, 0.717) is 17.9 Å². The first-order valence-electron chi connectivity index (χ1n) is 5.78. The van der Waals surface area contributed by atoms with Crippen LogP contribution in [0.5, 0.6) is 5.75 Å². The molecule has 3 nitrogen and oxygen atoms in total. The predicted molar refractivity (Wildman–Crippen MR) is 65.2 cm³/mol. The Balaban J connectivity index is 2.26. The molecular formula is C13H19NO2. The molecule has 3 heteroatoms. The molecule has 0 unspecified atom stereocenters. The van der Waals surface area contributed by atoms with Gasteiger partial charge in [0.25, 0.3) is 0 Å². The van der Waals surface area contributed by atoms with Crippen LogP contribution in [0.1, 0.15) is 39.0 Å². The van der Waals surface area contributed by atoms with E-state index in [0.717, 1.165) is 12.8 Å². The second-order valence-corrected chi connectivity index (χ2v) is 3.85. The van der Waals surface area contributed by atoms with Crippen LogP contribution in [0.3, 0.4) is 0 Å². The van der Waals surface area contributed by atoms with Gasteiger partial charge in [0.2, 0.25) is 0 Å². The Kier molecular flexibility index (Phi) is 5.40. The van der Waals surface area contributed by atoms with Crippen LogP contribution in [0.2, 0.25) is 0 Å². The molecule has 0 bridgehead atoms. The molecule has 1 rings (SSSR count). The SMILES string of the molecule is CCCCCCC(=O)Oc1ccc(N)cc1. The highest BCUT2D eigenvalue weighted by molar-refractivity contribution is 5.72. The summed E-state index contributed by atoms with van der Waals surface area (Å²) in [5, 5.41) is 0. The van der Waals surface area contributed by atoms with Gasteiger partial charge in [0.05, 0.1) is 0 Å². The summed E-state index contributed by atoms with van der Waals surface area (Å²) < 4.78 is 5.16. The van der Waals surface area contributed by atoms with E-state index in [1.54, 1.807) is 24.3 Å². The maximum absolute atomic E-state index is 11.4. The number of ether oxygens (including phenoxy) is 1. The maximum Gasteiger partial charge on any atom is 0.311 e. The molecule has 0 aliphatic carbocycles. The summed E-state index contributed by atoms with van der Waals surface area (Å²) in [7, 11) is 0. The van der Waals surface area contributed by atoms with Gasteiger partial charge in [0, 0.05) is 12.1 Å². The van der Waals surface area contributed by atoms with E-state index in [-0.39, 0.29) is 5.97 Å². The zero-order valence-corrected chi connectivity index (χ0v) is 9.74. The van der Waals surface area contributed by atoms with Crippen LogP contribution in [0.15, 0.2) is 24.3 Å². The molecule has 0 fully saturated rings. The molecule has 1 aromatic carbocycles. The van der Waals surface area contributed by atoms with Crippen molar-refractivity contribution < 1.29 is 9.53 Å². The average molecular weight is 221 g/mol. The molecule has 0 amide bonds. The zero-order chi connectivity index (χ0) is 11.8. The van der Waals surface area contributed by atoms with Crippen LogP contribution in [0.25, 0.3) is 0 Å². The molecule has 1 aromatic rings. The fourth-order valence-corrected chi connectivity index (χ4v) is 1.41. The second kappa shape index (κ2) is 6.88. The number of rotatable bonds is 6. The van der Waals surface area contributed by atoms with Crippen molar-refractivity contribution in [3.05, 3.63) is 24.3 Å². The molecular weight excluding hydrogens is 202 g/mol. The van der Waals surface area contributed by atoms with Crippen LogP contribution < -0.4 is 10.5 Å². The van der Waals surface area contributed by atoms with E-state index >= 15 is 0 Å². The first-order valence-corrected chi connectivity index (χ1v) is 5.78. The molecule has 0 saturated heterocycles. The van der Waals surface area contributed by atoms with Gasteiger partial charge in [0.15, 0.2) is 0 Å². The minimum Gasteiger partial charge on any atom is -0.427 e. The highest BCUT2D eigenvalue weighted by Gasteiger charge is 2.03. The zero-order valence-electron chi connectivity index (χ0n) is 9.74. The van der Waals surface area contributed by atoms with Crippen molar-refractivity contribution in [3.63, 3.8) is 0 Å². The molecule has 0 radical (unpaired) electrons. The summed E-state index contributed by atoms with van der Waals surface area (Å²) in [4.78, 5) is 11.4. The van der Waals surface area contributed by atoms with Crippen LogP contribution in [-0.2, 0) is 4.79 Å². The number of unbranched alkanes of at least 4 members (excludes halogenated alkanes) is 3. The summed E-state index contributed by atoms with van der Waals surface area (Å²) >= 11 is 0. The van der Waals surface area contributed by atoms with Crippen LogP contribution in [0, 0.1) is 0 Å². The molecule has 16 heavy (non-hydrogen) atoms. The Bertz CT molecular complexity index is 319. The minimum atomic E-state index is -0.166. The Morgan fingerprint density at radius 2 is 1.88 bits per heavy atom. The van der Waals surface area contributed by atoms with Crippen molar-refractivity contribution in [2.24, 2.45) is 0 Å². The normalized spacial score (nSPS) is 10.1. The molecule has 0 spiro atoms. The fourth-order valence-electron chi connectivity index (χ4n) is 1.41. The van der Waals surface area contributed by atoms with Crippen molar-refractivity contribution in [1.82, 2.24) is 0 Å². The number of hydrogen-bond acceptors (Lipinski definition) is 3. The van der Waals surface area contributed by atoms with Gasteiger partial charge in [0.1, 0.15) is 5.75 Å². The number of carbonyl (C=O) groups is 1. The topological polar surface area (TPSA) is 52.3 Å². The molecule has 0 atom stereocenters. The van der Waals surface area contributed by atoms with Crippen molar-refractivity contribution in [3.8, 4) is 5.75 Å². The van der Waals surface area contributed by atoms with Gasteiger partial charge in [-0.25, -0.2) is 0 Å². The molecule has 2 N–H and O–H groups in total. The molecule has 88 valence electrons. The van der Waals surface area contributed by atoms with Gasteiger partial charge in [-0.15, -0.1) is 0 Å². The standard InChI is InChI=1S/C13H19NO2/c1-2-3-4-5-6-13(15)16-12-9-7-11(14)8-10-12/h7-10H,2-6,14H2,1H3. The minimum absolute atomic E-state index is 0.166. The van der Waals surface area contributed by atoms with E-state index in [1.807, 2.05) is 0 Å². The second-order valence-electron chi connectivity index (χ2n) is 3.85. The van der Waals surface area contributed by atoms with Crippen LogP contribution in [0.4, 0.5) is 5.69 Å². The number of nitrogen functional groups attached to an aromatic ring is 1. The fraction of sp³-hybridized carbons (Fsp3) is 0.462. The van der Waals surface area contributed by atoms with Crippen molar-refractivity contribution in [2.75, 3.05) is 5.73 Å². The summed E-state index contributed by atoms with van der Waals surface area (Å²) in [5.74, 6) is 0.399. The van der Waals surface area contributed by atoms with Gasteiger partial charge in [-0.2, -0.15) is 0 Å². The number of hydrogen-bond donors (Lipinski definition) is 1. The first-order chi connectivity index (χ1) is 7.72. The van der Waals surface area contributed by atoms with Gasteiger partial charge >= 0.3 is 5.97 Å². The lowest BCUT2D eigenvalue weighted by Gasteiger charge is -2.04. The van der Waals surface area contributed by atoms with Gasteiger partial charge < -0.3 is 10.5 Å². The number of nitrogens with two attached hydrogens (primary N) is 1. The van der Waals surface area contributed by atoms with E-state index in [4.69, 9.17) is 10.5 Å². The predicted octanol–water partition coefficient (Wildman–Crippen LogP) is 3.14. The van der Waals surface area contributed by atoms with Crippen molar-refractivity contribution in [2.45, 2.75) is 39.0 Å². The van der Waals surface area contributed by atoms with Crippen LogP contribution >= 0.6 is 0 Å². The summed E-state index contributed by atoms with van der Waals surface area (Å²) in [6.45, 7) is 2.15. The maximum atomic E-state index is 11.4. The monoisotopic (exact) mass is 221 g/mol. The highest BCUT2D eigenvalue weighted by atomic mass is 16.5. The van der Waals surface area contributed by atoms with Crippen molar-refractivity contribution in [1.29, 1.82) is 0 Å². The Morgan fingerprint density at radius 3 is 2.50 bits per heavy atom. The molecule has 0 saturated carbocycles. The lowest BCUT2D eigenvalue weighted by Crippen LogP contribution is -2.07. The van der Waals surface area contributed by atoms with E-state index in [9.17, 15) is 4.79 Å². The number of carbonyl (C=O) groups excluding carboxylic acids is 1. The highest BCUT2D eigenvalue weighted by Crippen LogP contribution is 2.14. The third-order valence-electron chi connectivity index (χ3n) is 2.35. The molecule has 0 heterocycles. The Hall–Kier alpha value is -1.51. The molecule has 0 aliphatic heterocycles. The quantitative estimate of drug-likeness (QED) is 0.347. The molecule has 0 aromatic heterocycles. The van der Waals surface area contributed by atoms with E-state index in [2.05, 4.69) is 6.92 Å². The summed E-state index contributed by atoms with van der Waals surface area (Å²) in [6.07, 6.45) is 4.83. The van der Waals surface area contributed by atoms with Crippen LogP contribution in [-0.4, -0.2) is 5.97 Å².